The quantitative estimate of drug-likeness (QED) is 0.544. The number of nitrogen functional groups attached to an aromatic ring is 1. The Morgan fingerprint density at radius 1 is 0.962 bits per heavy atom. The van der Waals surface area contributed by atoms with Gasteiger partial charge in [-0.25, -0.2) is 9.61 Å². The number of nitrogens with two attached hydrogens (primary N) is 2. The number of carbonyl (C=O) groups is 1. The Labute approximate surface area is 148 Å². The Hall–Kier alpha value is -3.94. The van der Waals surface area contributed by atoms with Crippen LogP contribution in [0.3, 0.4) is 0 Å². The third kappa shape index (κ3) is 2.59. The van der Waals surface area contributed by atoms with Crippen molar-refractivity contribution in [1.82, 2.24) is 15.3 Å². The summed E-state index contributed by atoms with van der Waals surface area (Å²) in [6, 6.07) is 16.0. The standard InChI is InChI=1S/C18H14N6O2/c19-13-8-9-14(17-16(13)22-26-23-17)24(15-3-1-2-10-21-15)12-6-4-11(5-7-12)18(20)25/h1-10H,19H2,(H2,20,25). The average molecular weight is 346 g/mol. The summed E-state index contributed by atoms with van der Waals surface area (Å²) in [5.74, 6) is 0.171. The monoisotopic (exact) mass is 346 g/mol. The van der Waals surface area contributed by atoms with Crippen molar-refractivity contribution in [3.05, 3.63) is 66.4 Å². The van der Waals surface area contributed by atoms with Gasteiger partial charge in [0.1, 0.15) is 5.82 Å². The first-order valence-electron chi connectivity index (χ1n) is 7.77. The van der Waals surface area contributed by atoms with Crippen LogP contribution in [0.25, 0.3) is 11.0 Å². The molecule has 0 aliphatic carbocycles. The normalized spacial score (nSPS) is 10.8. The van der Waals surface area contributed by atoms with E-state index in [1.807, 2.05) is 29.2 Å². The van der Waals surface area contributed by atoms with Gasteiger partial charge in [0.15, 0.2) is 11.0 Å². The summed E-state index contributed by atoms with van der Waals surface area (Å²) < 4.78 is 4.87. The topological polar surface area (TPSA) is 124 Å². The van der Waals surface area contributed by atoms with E-state index in [9.17, 15) is 4.79 Å². The van der Waals surface area contributed by atoms with Crippen molar-refractivity contribution in [3.8, 4) is 0 Å². The highest BCUT2D eigenvalue weighted by Gasteiger charge is 2.20. The van der Waals surface area contributed by atoms with Gasteiger partial charge >= 0.3 is 0 Å². The van der Waals surface area contributed by atoms with Crippen LogP contribution in [0.15, 0.2) is 65.4 Å². The zero-order chi connectivity index (χ0) is 18.1. The maximum Gasteiger partial charge on any atom is 0.248 e. The first kappa shape index (κ1) is 15.6. The fourth-order valence-corrected chi connectivity index (χ4v) is 2.71. The molecule has 4 aromatic rings. The molecule has 0 saturated heterocycles. The lowest BCUT2D eigenvalue weighted by atomic mass is 10.1. The zero-order valence-electron chi connectivity index (χ0n) is 13.5. The van der Waals surface area contributed by atoms with Crippen LogP contribution in [0, 0.1) is 0 Å². The number of hydrogen-bond donors (Lipinski definition) is 2. The summed E-state index contributed by atoms with van der Waals surface area (Å²) in [4.78, 5) is 17.7. The Bertz CT molecular complexity index is 1080. The number of nitrogens with zero attached hydrogens (tertiary/aromatic N) is 4. The van der Waals surface area contributed by atoms with Crippen LogP contribution in [0.4, 0.5) is 22.9 Å². The van der Waals surface area contributed by atoms with Crippen LogP contribution in [-0.4, -0.2) is 21.2 Å². The van der Waals surface area contributed by atoms with Crippen LogP contribution in [0.5, 0.6) is 0 Å². The van der Waals surface area contributed by atoms with E-state index in [1.165, 1.54) is 0 Å². The SMILES string of the molecule is NC(=O)c1ccc(N(c2ccccn2)c2ccc(N)c3nonc23)cc1. The number of rotatable bonds is 4. The summed E-state index contributed by atoms with van der Waals surface area (Å²) in [5, 5.41) is 7.85. The highest BCUT2D eigenvalue weighted by Crippen LogP contribution is 2.38. The van der Waals surface area contributed by atoms with Crippen molar-refractivity contribution in [2.24, 2.45) is 5.73 Å². The molecule has 0 saturated carbocycles. The van der Waals surface area contributed by atoms with E-state index in [1.54, 1.807) is 36.5 Å². The van der Waals surface area contributed by atoms with Gasteiger partial charge in [-0.2, -0.15) is 0 Å². The highest BCUT2D eigenvalue weighted by molar-refractivity contribution is 5.99. The van der Waals surface area contributed by atoms with Crippen LogP contribution >= 0.6 is 0 Å². The smallest absolute Gasteiger partial charge is 0.248 e. The number of fused-ring (bicyclic) bond motifs is 1. The molecule has 0 fully saturated rings. The van der Waals surface area contributed by atoms with E-state index in [0.29, 0.717) is 33.8 Å². The first-order valence-corrected chi connectivity index (χ1v) is 7.77. The molecule has 0 radical (unpaired) electrons. The molecule has 8 heteroatoms. The number of primary amides is 1. The second-order valence-corrected chi connectivity index (χ2v) is 5.57. The molecule has 0 spiro atoms. The fourth-order valence-electron chi connectivity index (χ4n) is 2.71. The molecule has 4 rings (SSSR count). The van der Waals surface area contributed by atoms with E-state index in [-0.39, 0.29) is 0 Å². The Kier molecular flexibility index (Phi) is 3.70. The van der Waals surface area contributed by atoms with Gasteiger partial charge < -0.3 is 11.5 Å². The average Bonchev–Trinajstić information content (AvgIpc) is 3.16. The van der Waals surface area contributed by atoms with Gasteiger partial charge in [-0.05, 0) is 58.8 Å². The van der Waals surface area contributed by atoms with Crippen molar-refractivity contribution < 1.29 is 9.42 Å². The molecule has 26 heavy (non-hydrogen) atoms. The lowest BCUT2D eigenvalue weighted by Gasteiger charge is -2.24. The van der Waals surface area contributed by atoms with Crippen molar-refractivity contribution in [2.45, 2.75) is 0 Å². The molecule has 8 nitrogen and oxygen atoms in total. The minimum Gasteiger partial charge on any atom is -0.397 e. The second kappa shape index (κ2) is 6.17. The van der Waals surface area contributed by atoms with Crippen molar-refractivity contribution >= 4 is 39.8 Å². The summed E-state index contributed by atoms with van der Waals surface area (Å²) in [7, 11) is 0. The molecule has 0 aliphatic rings. The zero-order valence-corrected chi connectivity index (χ0v) is 13.5. The van der Waals surface area contributed by atoms with Gasteiger partial charge in [-0.1, -0.05) is 6.07 Å². The van der Waals surface area contributed by atoms with E-state index in [0.717, 1.165) is 5.69 Å². The molecular formula is C18H14N6O2. The van der Waals surface area contributed by atoms with E-state index in [2.05, 4.69) is 15.3 Å². The van der Waals surface area contributed by atoms with Crippen LogP contribution in [0.2, 0.25) is 0 Å². The number of benzene rings is 2. The molecule has 4 N–H and O–H groups in total. The summed E-state index contributed by atoms with van der Waals surface area (Å²) in [5.41, 5.74) is 14.6. The van der Waals surface area contributed by atoms with Crippen LogP contribution in [-0.2, 0) is 0 Å². The number of hydrogen-bond acceptors (Lipinski definition) is 7. The number of anilines is 4. The predicted molar refractivity (Wildman–Crippen MR) is 97.2 cm³/mol. The predicted octanol–water partition coefficient (Wildman–Crippen LogP) is 2.77. The lowest BCUT2D eigenvalue weighted by molar-refractivity contribution is 0.100. The van der Waals surface area contributed by atoms with Crippen LogP contribution in [0.1, 0.15) is 10.4 Å². The molecule has 0 bridgehead atoms. The second-order valence-electron chi connectivity index (χ2n) is 5.57. The Morgan fingerprint density at radius 3 is 2.42 bits per heavy atom. The van der Waals surface area contributed by atoms with Gasteiger partial charge in [-0.3, -0.25) is 9.69 Å². The molecule has 2 heterocycles. The number of carbonyl (C=O) groups excluding carboxylic acids is 1. The third-order valence-corrected chi connectivity index (χ3v) is 3.95. The van der Waals surface area contributed by atoms with E-state index < -0.39 is 5.91 Å². The van der Waals surface area contributed by atoms with Gasteiger partial charge in [0.2, 0.25) is 5.91 Å². The third-order valence-electron chi connectivity index (χ3n) is 3.95. The van der Waals surface area contributed by atoms with E-state index in [4.69, 9.17) is 16.1 Å². The number of aromatic nitrogens is 3. The molecule has 0 aliphatic heterocycles. The first-order chi connectivity index (χ1) is 12.6. The van der Waals surface area contributed by atoms with Gasteiger partial charge in [0.25, 0.3) is 0 Å². The van der Waals surface area contributed by atoms with Gasteiger partial charge in [-0.15, -0.1) is 0 Å². The molecule has 0 unspecified atom stereocenters. The van der Waals surface area contributed by atoms with Crippen molar-refractivity contribution in [1.29, 1.82) is 0 Å². The van der Waals surface area contributed by atoms with Gasteiger partial charge in [0.05, 0.1) is 11.4 Å². The lowest BCUT2D eigenvalue weighted by Crippen LogP contribution is -2.14. The Balaban J connectivity index is 1.93. The number of amides is 1. The largest absolute Gasteiger partial charge is 0.397 e. The maximum atomic E-state index is 11.4. The van der Waals surface area contributed by atoms with Gasteiger partial charge in [0, 0.05) is 17.4 Å². The molecule has 2 aromatic heterocycles. The Morgan fingerprint density at radius 2 is 1.73 bits per heavy atom. The number of pyridine rings is 1. The summed E-state index contributed by atoms with van der Waals surface area (Å²) >= 11 is 0. The van der Waals surface area contributed by atoms with Crippen molar-refractivity contribution in [3.63, 3.8) is 0 Å². The molecular weight excluding hydrogens is 332 g/mol. The minimum absolute atomic E-state index is 0.417. The van der Waals surface area contributed by atoms with Crippen molar-refractivity contribution in [2.75, 3.05) is 10.6 Å². The molecule has 2 aromatic carbocycles. The molecule has 1 amide bonds. The van der Waals surface area contributed by atoms with Crippen LogP contribution < -0.4 is 16.4 Å². The fraction of sp³-hybridized carbons (Fsp3) is 0. The highest BCUT2D eigenvalue weighted by atomic mass is 16.6. The minimum atomic E-state index is -0.489. The summed E-state index contributed by atoms with van der Waals surface area (Å²) in [6.45, 7) is 0. The molecule has 0 atom stereocenters. The van der Waals surface area contributed by atoms with E-state index >= 15 is 0 Å². The molecule has 128 valence electrons. The maximum absolute atomic E-state index is 11.4. The summed E-state index contributed by atoms with van der Waals surface area (Å²) in [6.07, 6.45) is 1.69.